The molecule has 5 rings (SSSR count). The van der Waals surface area contributed by atoms with E-state index < -0.39 is 0 Å². The first-order valence-corrected chi connectivity index (χ1v) is 10.8. The Hall–Kier alpha value is -3.61. The minimum Gasteiger partial charge on any atom is -0.467 e. The van der Waals surface area contributed by atoms with Gasteiger partial charge in [0.25, 0.3) is 0 Å². The van der Waals surface area contributed by atoms with Crippen molar-refractivity contribution >= 4 is 5.95 Å². The second kappa shape index (κ2) is 9.48. The van der Waals surface area contributed by atoms with Crippen molar-refractivity contribution in [2.24, 2.45) is 0 Å². The third-order valence-electron chi connectivity index (χ3n) is 5.86. The topological polar surface area (TPSA) is 87.4 Å². The minimum atomic E-state index is -0.270. The van der Waals surface area contributed by atoms with Crippen LogP contribution in [0.4, 0.5) is 10.3 Å². The van der Waals surface area contributed by atoms with Crippen LogP contribution in [0, 0.1) is 17.1 Å². The normalized spacial score (nSPS) is 16.1. The van der Waals surface area contributed by atoms with Crippen LogP contribution >= 0.6 is 0 Å². The number of nitriles is 1. The number of hydrogen-bond acceptors (Lipinski definition) is 8. The number of aromatic nitrogens is 3. The number of piperazine rings is 1. The van der Waals surface area contributed by atoms with Crippen LogP contribution in [0.3, 0.4) is 0 Å². The number of hydrogen-bond donors (Lipinski definition) is 0. The molecule has 0 unspecified atom stereocenters. The smallest absolute Gasteiger partial charge is 0.225 e. The van der Waals surface area contributed by atoms with Crippen molar-refractivity contribution in [3.63, 3.8) is 0 Å². The molecule has 0 bridgehead atoms. The Labute approximate surface area is 191 Å². The van der Waals surface area contributed by atoms with E-state index in [9.17, 15) is 4.39 Å². The highest BCUT2D eigenvalue weighted by Crippen LogP contribution is 2.31. The molecule has 33 heavy (non-hydrogen) atoms. The Morgan fingerprint density at radius 1 is 1.09 bits per heavy atom. The summed E-state index contributed by atoms with van der Waals surface area (Å²) in [5, 5.41) is 9.09. The van der Waals surface area contributed by atoms with Crippen molar-refractivity contribution in [1.82, 2.24) is 19.9 Å². The van der Waals surface area contributed by atoms with Crippen molar-refractivity contribution < 1.29 is 13.9 Å². The van der Waals surface area contributed by atoms with Gasteiger partial charge in [-0.1, -0.05) is 0 Å². The zero-order valence-corrected chi connectivity index (χ0v) is 18.1. The first-order valence-electron chi connectivity index (χ1n) is 10.8. The van der Waals surface area contributed by atoms with Crippen molar-refractivity contribution in [2.45, 2.75) is 19.6 Å². The minimum absolute atomic E-state index is 0.195. The zero-order chi connectivity index (χ0) is 22.6. The number of pyridine rings is 1. The van der Waals surface area contributed by atoms with Gasteiger partial charge in [0.05, 0.1) is 30.5 Å². The molecule has 2 aliphatic rings. The van der Waals surface area contributed by atoms with Gasteiger partial charge in [-0.2, -0.15) is 5.26 Å². The molecule has 2 aliphatic heterocycles. The molecule has 2 aromatic heterocycles. The van der Waals surface area contributed by atoms with E-state index in [1.165, 1.54) is 6.07 Å². The molecule has 0 saturated carbocycles. The lowest BCUT2D eigenvalue weighted by Crippen LogP contribution is -2.46. The van der Waals surface area contributed by atoms with Gasteiger partial charge in [-0.15, -0.1) is 0 Å². The van der Waals surface area contributed by atoms with Gasteiger partial charge in [0.1, 0.15) is 11.6 Å². The summed E-state index contributed by atoms with van der Waals surface area (Å²) in [4.78, 5) is 18.0. The van der Waals surface area contributed by atoms with Crippen LogP contribution in [0.25, 0.3) is 11.3 Å². The predicted octanol–water partition coefficient (Wildman–Crippen LogP) is 2.93. The maximum absolute atomic E-state index is 14.1. The molecule has 1 saturated heterocycles. The van der Waals surface area contributed by atoms with Gasteiger partial charge in [0.2, 0.25) is 5.95 Å². The fourth-order valence-corrected chi connectivity index (χ4v) is 4.26. The number of ether oxygens (including phenoxy) is 2. The molecule has 1 fully saturated rings. The van der Waals surface area contributed by atoms with Gasteiger partial charge in [0, 0.05) is 61.8 Å². The summed E-state index contributed by atoms with van der Waals surface area (Å²) in [5.74, 6) is 1.13. The molecule has 0 amide bonds. The lowest BCUT2D eigenvalue weighted by molar-refractivity contribution is -0.0177. The summed E-state index contributed by atoms with van der Waals surface area (Å²) in [5.41, 5.74) is 3.92. The van der Waals surface area contributed by atoms with Gasteiger partial charge in [0.15, 0.2) is 6.79 Å². The number of rotatable bonds is 5. The van der Waals surface area contributed by atoms with Gasteiger partial charge in [-0.3, -0.25) is 9.88 Å². The van der Waals surface area contributed by atoms with Gasteiger partial charge in [-0.05, 0) is 30.3 Å². The van der Waals surface area contributed by atoms with Crippen LogP contribution in [0.5, 0.6) is 5.75 Å². The Morgan fingerprint density at radius 3 is 2.82 bits per heavy atom. The second-order valence-corrected chi connectivity index (χ2v) is 8.00. The lowest BCUT2D eigenvalue weighted by atomic mass is 10.1. The van der Waals surface area contributed by atoms with E-state index in [1.54, 1.807) is 18.5 Å². The number of fused-ring (bicyclic) bond motifs is 1. The molecule has 0 atom stereocenters. The van der Waals surface area contributed by atoms with Crippen molar-refractivity contribution in [3.05, 3.63) is 65.4 Å². The third-order valence-corrected chi connectivity index (χ3v) is 5.86. The van der Waals surface area contributed by atoms with Crippen LogP contribution in [0.15, 0.2) is 42.7 Å². The molecule has 168 valence electrons. The molecule has 9 heteroatoms. The summed E-state index contributed by atoms with van der Waals surface area (Å²) in [6.45, 7) is 4.27. The highest BCUT2D eigenvalue weighted by molar-refractivity contribution is 5.63. The first kappa shape index (κ1) is 21.2. The highest BCUT2D eigenvalue weighted by atomic mass is 19.1. The maximum atomic E-state index is 14.1. The number of benzene rings is 1. The molecule has 0 aliphatic carbocycles. The van der Waals surface area contributed by atoms with Crippen LogP contribution < -0.4 is 9.64 Å². The number of nitrogens with zero attached hydrogens (tertiary/aromatic N) is 6. The molecular weight excluding hydrogens is 423 g/mol. The van der Waals surface area contributed by atoms with Crippen molar-refractivity contribution in [3.8, 4) is 23.1 Å². The van der Waals surface area contributed by atoms with Gasteiger partial charge in [-0.25, -0.2) is 14.4 Å². The fraction of sp³-hybridized carbons (Fsp3) is 0.333. The van der Waals surface area contributed by atoms with E-state index in [0.717, 1.165) is 54.3 Å². The van der Waals surface area contributed by atoms with Crippen LogP contribution in [-0.4, -0.2) is 52.8 Å². The van der Waals surface area contributed by atoms with E-state index in [1.807, 2.05) is 18.2 Å². The van der Waals surface area contributed by atoms with Crippen molar-refractivity contribution in [1.29, 1.82) is 5.26 Å². The fourth-order valence-electron chi connectivity index (χ4n) is 4.26. The molecule has 0 radical (unpaired) electrons. The quantitative estimate of drug-likeness (QED) is 0.591. The molecule has 8 nitrogen and oxygen atoms in total. The lowest BCUT2D eigenvalue weighted by Gasteiger charge is -2.35. The molecule has 4 heterocycles. The SMILES string of the molecule is N#CCc1ncccc1-c1ccnc(N2CCN(Cc3cc(F)cc4c3OCOC4)CC2)n1. The number of halogens is 1. The third kappa shape index (κ3) is 4.62. The average molecular weight is 446 g/mol. The Morgan fingerprint density at radius 2 is 1.97 bits per heavy atom. The maximum Gasteiger partial charge on any atom is 0.225 e. The monoisotopic (exact) mass is 446 g/mol. The summed E-state index contributed by atoms with van der Waals surface area (Å²) in [6, 6.07) is 10.8. The predicted molar refractivity (Wildman–Crippen MR) is 119 cm³/mol. The van der Waals surface area contributed by atoms with Crippen LogP contribution in [-0.2, 0) is 24.3 Å². The van der Waals surface area contributed by atoms with E-state index in [2.05, 4.69) is 25.8 Å². The van der Waals surface area contributed by atoms with Crippen LogP contribution in [0.1, 0.15) is 16.8 Å². The van der Waals surface area contributed by atoms with Gasteiger partial charge >= 0.3 is 0 Å². The van der Waals surface area contributed by atoms with E-state index in [4.69, 9.17) is 19.7 Å². The zero-order valence-electron chi connectivity index (χ0n) is 18.1. The largest absolute Gasteiger partial charge is 0.467 e. The molecule has 0 spiro atoms. The van der Waals surface area contributed by atoms with E-state index >= 15 is 0 Å². The first-order chi connectivity index (χ1) is 16.2. The number of anilines is 1. The summed E-state index contributed by atoms with van der Waals surface area (Å²) >= 11 is 0. The van der Waals surface area contributed by atoms with Gasteiger partial charge < -0.3 is 14.4 Å². The highest BCUT2D eigenvalue weighted by Gasteiger charge is 2.23. The van der Waals surface area contributed by atoms with E-state index in [-0.39, 0.29) is 19.0 Å². The molecule has 0 N–H and O–H groups in total. The molecule has 3 aromatic rings. The summed E-state index contributed by atoms with van der Waals surface area (Å²) in [6.07, 6.45) is 3.66. The molecular formula is C24H23FN6O2. The van der Waals surface area contributed by atoms with Crippen LogP contribution in [0.2, 0.25) is 0 Å². The standard InChI is InChI=1S/C24H23FN6O2/c25-19-12-17(23-18(13-19)15-32-16-33-23)14-30-8-10-31(11-9-30)24-28-7-4-22(29-24)20-2-1-6-27-21(20)3-5-26/h1-2,4,6-7,12-13H,3,8-11,14-16H2. The van der Waals surface area contributed by atoms with Crippen molar-refractivity contribution in [2.75, 3.05) is 37.9 Å². The van der Waals surface area contributed by atoms with E-state index in [0.29, 0.717) is 24.8 Å². The Kier molecular flexibility index (Phi) is 6.11. The Bertz CT molecular complexity index is 1190. The molecule has 1 aromatic carbocycles. The summed E-state index contributed by atoms with van der Waals surface area (Å²) in [7, 11) is 0. The summed E-state index contributed by atoms with van der Waals surface area (Å²) < 4.78 is 25.0. The Balaban J connectivity index is 1.28. The second-order valence-electron chi connectivity index (χ2n) is 8.00. The average Bonchev–Trinajstić information content (AvgIpc) is 2.85.